The molecule has 1 saturated heterocycles. The number of hydrogen-bond acceptors (Lipinski definition) is 4. The molecule has 25 heavy (non-hydrogen) atoms. The number of morpholine rings is 1. The summed E-state index contributed by atoms with van der Waals surface area (Å²) in [5, 5.41) is 4.39. The molecule has 3 rings (SSSR count). The zero-order valence-electron chi connectivity index (χ0n) is 15.1. The predicted molar refractivity (Wildman–Crippen MR) is 96.5 cm³/mol. The highest BCUT2D eigenvalue weighted by Gasteiger charge is 2.24. The van der Waals surface area contributed by atoms with Gasteiger partial charge in [0.25, 0.3) is 0 Å². The van der Waals surface area contributed by atoms with Gasteiger partial charge in [-0.15, -0.1) is 0 Å². The molecule has 2 aromatic rings. The number of hydrogen-bond donors (Lipinski definition) is 0. The van der Waals surface area contributed by atoms with Crippen LogP contribution in [-0.4, -0.2) is 64.4 Å². The number of benzene rings is 1. The van der Waals surface area contributed by atoms with Gasteiger partial charge in [0.15, 0.2) is 0 Å². The Labute approximate surface area is 149 Å². The molecule has 0 spiro atoms. The number of carbonyl (C=O) groups excluding carboxylic acids is 1. The summed E-state index contributed by atoms with van der Waals surface area (Å²) in [5.74, 6) is 0.119. The standard InChI is InChI=1S/C19H26N4O2/c1-15-10-22(11-16(2)25-15)14-19(24)21(3)12-17-9-20-23(13-17)18-7-5-4-6-8-18/h4-9,13,15-16H,10-12,14H2,1-3H3. The molecule has 1 aromatic carbocycles. The first-order chi connectivity index (χ1) is 12.0. The lowest BCUT2D eigenvalue weighted by molar-refractivity contribution is -0.135. The van der Waals surface area contributed by atoms with Crippen molar-refractivity contribution in [1.29, 1.82) is 0 Å². The Morgan fingerprint density at radius 2 is 1.92 bits per heavy atom. The number of aromatic nitrogens is 2. The number of para-hydroxylation sites is 1. The molecule has 6 heteroatoms. The van der Waals surface area contributed by atoms with Crippen LogP contribution in [-0.2, 0) is 16.1 Å². The number of ether oxygens (including phenoxy) is 1. The SMILES string of the molecule is CC1CN(CC(=O)N(C)Cc2cnn(-c3ccccc3)c2)CC(C)O1. The molecule has 1 aliphatic rings. The van der Waals surface area contributed by atoms with Gasteiger partial charge in [0.05, 0.1) is 30.6 Å². The number of nitrogens with zero attached hydrogens (tertiary/aromatic N) is 4. The molecule has 1 aliphatic heterocycles. The zero-order chi connectivity index (χ0) is 17.8. The van der Waals surface area contributed by atoms with E-state index < -0.39 is 0 Å². The van der Waals surface area contributed by atoms with Crippen molar-refractivity contribution in [3.8, 4) is 5.69 Å². The number of rotatable bonds is 5. The minimum atomic E-state index is 0.119. The van der Waals surface area contributed by atoms with Crippen molar-refractivity contribution in [3.05, 3.63) is 48.3 Å². The maximum Gasteiger partial charge on any atom is 0.236 e. The molecule has 0 radical (unpaired) electrons. The Kier molecular flexibility index (Phi) is 5.50. The van der Waals surface area contributed by atoms with Crippen LogP contribution in [0.15, 0.2) is 42.7 Å². The minimum Gasteiger partial charge on any atom is -0.373 e. The number of carbonyl (C=O) groups is 1. The molecule has 1 fully saturated rings. The molecule has 2 heterocycles. The Balaban J connectivity index is 1.56. The highest BCUT2D eigenvalue weighted by Crippen LogP contribution is 2.12. The highest BCUT2D eigenvalue weighted by molar-refractivity contribution is 5.78. The van der Waals surface area contributed by atoms with Crippen LogP contribution in [0.25, 0.3) is 5.69 Å². The predicted octanol–water partition coefficient (Wildman–Crippen LogP) is 1.94. The van der Waals surface area contributed by atoms with Crippen LogP contribution < -0.4 is 0 Å². The van der Waals surface area contributed by atoms with Crippen LogP contribution in [0.4, 0.5) is 0 Å². The summed E-state index contributed by atoms with van der Waals surface area (Å²) in [4.78, 5) is 16.5. The average molecular weight is 342 g/mol. The van der Waals surface area contributed by atoms with Crippen molar-refractivity contribution in [2.24, 2.45) is 0 Å². The van der Waals surface area contributed by atoms with Gasteiger partial charge < -0.3 is 9.64 Å². The van der Waals surface area contributed by atoms with Gasteiger partial charge >= 0.3 is 0 Å². The summed E-state index contributed by atoms with van der Waals surface area (Å²) < 4.78 is 7.55. The molecular weight excluding hydrogens is 316 g/mol. The molecule has 1 amide bonds. The van der Waals surface area contributed by atoms with E-state index in [0.29, 0.717) is 13.1 Å². The van der Waals surface area contributed by atoms with Crippen molar-refractivity contribution in [3.63, 3.8) is 0 Å². The molecule has 0 N–H and O–H groups in total. The summed E-state index contributed by atoms with van der Waals surface area (Å²) in [6.07, 6.45) is 4.13. The first-order valence-electron chi connectivity index (χ1n) is 8.72. The first kappa shape index (κ1) is 17.6. The molecular formula is C19H26N4O2. The summed E-state index contributed by atoms with van der Waals surface area (Å²) in [6, 6.07) is 9.96. The average Bonchev–Trinajstić information content (AvgIpc) is 3.03. The largest absolute Gasteiger partial charge is 0.373 e. The quantitative estimate of drug-likeness (QED) is 0.833. The van der Waals surface area contributed by atoms with Crippen LogP contribution in [0.2, 0.25) is 0 Å². The van der Waals surface area contributed by atoms with Crippen molar-refractivity contribution in [2.45, 2.75) is 32.6 Å². The molecule has 2 unspecified atom stereocenters. The molecule has 2 atom stereocenters. The summed E-state index contributed by atoms with van der Waals surface area (Å²) in [5.41, 5.74) is 2.03. The van der Waals surface area contributed by atoms with Gasteiger partial charge in [-0.25, -0.2) is 4.68 Å². The van der Waals surface area contributed by atoms with E-state index in [-0.39, 0.29) is 18.1 Å². The van der Waals surface area contributed by atoms with Gasteiger partial charge in [0.1, 0.15) is 0 Å². The number of amides is 1. The lowest BCUT2D eigenvalue weighted by atomic mass is 10.2. The van der Waals surface area contributed by atoms with Crippen molar-refractivity contribution in [1.82, 2.24) is 19.6 Å². The van der Waals surface area contributed by atoms with Gasteiger partial charge in [-0.2, -0.15) is 5.10 Å². The molecule has 134 valence electrons. The Morgan fingerprint density at radius 3 is 2.60 bits per heavy atom. The molecule has 6 nitrogen and oxygen atoms in total. The second-order valence-electron chi connectivity index (χ2n) is 6.83. The maximum atomic E-state index is 12.5. The third-order valence-electron chi connectivity index (χ3n) is 4.36. The highest BCUT2D eigenvalue weighted by atomic mass is 16.5. The van der Waals surface area contributed by atoms with E-state index in [0.717, 1.165) is 24.3 Å². The van der Waals surface area contributed by atoms with Gasteiger partial charge in [-0.1, -0.05) is 18.2 Å². The molecule has 1 aromatic heterocycles. The van der Waals surface area contributed by atoms with E-state index in [1.807, 2.05) is 54.5 Å². The van der Waals surface area contributed by atoms with Gasteiger partial charge in [-0.05, 0) is 26.0 Å². The smallest absolute Gasteiger partial charge is 0.236 e. The monoisotopic (exact) mass is 342 g/mol. The van der Waals surface area contributed by atoms with Crippen molar-refractivity contribution >= 4 is 5.91 Å². The van der Waals surface area contributed by atoms with Crippen LogP contribution in [0.5, 0.6) is 0 Å². The number of likely N-dealkylation sites (N-methyl/N-ethyl adjacent to an activating group) is 1. The van der Waals surface area contributed by atoms with E-state index in [9.17, 15) is 4.79 Å². The Morgan fingerprint density at radius 1 is 1.24 bits per heavy atom. The van der Waals surface area contributed by atoms with Crippen LogP contribution in [0.3, 0.4) is 0 Å². The van der Waals surface area contributed by atoms with E-state index in [4.69, 9.17) is 4.74 Å². The van der Waals surface area contributed by atoms with Gasteiger partial charge in [0.2, 0.25) is 5.91 Å². The molecule has 0 bridgehead atoms. The second kappa shape index (κ2) is 7.80. The van der Waals surface area contributed by atoms with Crippen LogP contribution in [0, 0.1) is 0 Å². The zero-order valence-corrected chi connectivity index (χ0v) is 15.1. The lowest BCUT2D eigenvalue weighted by Crippen LogP contribution is -2.49. The van der Waals surface area contributed by atoms with Crippen LogP contribution in [0.1, 0.15) is 19.4 Å². The third kappa shape index (κ3) is 4.67. The van der Waals surface area contributed by atoms with E-state index in [2.05, 4.69) is 23.8 Å². The first-order valence-corrected chi connectivity index (χ1v) is 8.72. The maximum absolute atomic E-state index is 12.5. The van der Waals surface area contributed by atoms with E-state index in [1.54, 1.807) is 4.90 Å². The van der Waals surface area contributed by atoms with Gasteiger partial charge in [0, 0.05) is 38.4 Å². The van der Waals surface area contributed by atoms with Crippen molar-refractivity contribution in [2.75, 3.05) is 26.7 Å². The lowest BCUT2D eigenvalue weighted by Gasteiger charge is -2.35. The van der Waals surface area contributed by atoms with Crippen LogP contribution >= 0.6 is 0 Å². The second-order valence-corrected chi connectivity index (χ2v) is 6.83. The van der Waals surface area contributed by atoms with Crippen molar-refractivity contribution < 1.29 is 9.53 Å². The van der Waals surface area contributed by atoms with E-state index >= 15 is 0 Å². The summed E-state index contributed by atoms with van der Waals surface area (Å²) >= 11 is 0. The normalized spacial score (nSPS) is 21.2. The topological polar surface area (TPSA) is 50.6 Å². The summed E-state index contributed by atoms with van der Waals surface area (Å²) in [6.45, 7) is 6.69. The fourth-order valence-corrected chi connectivity index (χ4v) is 3.25. The van der Waals surface area contributed by atoms with E-state index in [1.165, 1.54) is 0 Å². The fraction of sp³-hybridized carbons (Fsp3) is 0.474. The van der Waals surface area contributed by atoms with Gasteiger partial charge in [-0.3, -0.25) is 9.69 Å². The molecule has 0 saturated carbocycles. The fourth-order valence-electron chi connectivity index (χ4n) is 3.25. The Hall–Kier alpha value is -2.18. The minimum absolute atomic E-state index is 0.119. The Bertz CT molecular complexity index is 690. The molecule has 0 aliphatic carbocycles. The third-order valence-corrected chi connectivity index (χ3v) is 4.36. The summed E-state index contributed by atoms with van der Waals surface area (Å²) in [7, 11) is 1.84.